The van der Waals surface area contributed by atoms with Crippen LogP contribution in [0.3, 0.4) is 0 Å². The molecule has 0 saturated carbocycles. The molecule has 4 nitrogen and oxygen atoms in total. The summed E-state index contributed by atoms with van der Waals surface area (Å²) in [4.78, 5) is 8.76. The van der Waals surface area contributed by atoms with Gasteiger partial charge in [0.2, 0.25) is 0 Å². The Morgan fingerprint density at radius 1 is 1.41 bits per heavy atom. The van der Waals surface area contributed by atoms with Crippen LogP contribution < -0.4 is 10.6 Å². The SMILES string of the molecule is Brc1cnc2c(NC3CCNC3)ccnc2c1. The molecule has 0 radical (unpaired) electrons. The fourth-order valence-electron chi connectivity index (χ4n) is 2.12. The summed E-state index contributed by atoms with van der Waals surface area (Å²) in [5.74, 6) is 0. The Kier molecular flexibility index (Phi) is 2.94. The molecular weight excluding hydrogens is 280 g/mol. The summed E-state index contributed by atoms with van der Waals surface area (Å²) in [5, 5.41) is 6.87. The van der Waals surface area contributed by atoms with Gasteiger partial charge in [0.15, 0.2) is 0 Å². The molecule has 1 saturated heterocycles. The first-order chi connectivity index (χ1) is 8.33. The van der Waals surface area contributed by atoms with Gasteiger partial charge in [-0.3, -0.25) is 9.97 Å². The molecule has 17 heavy (non-hydrogen) atoms. The number of aromatic nitrogens is 2. The zero-order valence-corrected chi connectivity index (χ0v) is 10.9. The molecule has 3 heterocycles. The third-order valence-corrected chi connectivity index (χ3v) is 3.40. The number of nitrogens with one attached hydrogen (secondary N) is 2. The van der Waals surface area contributed by atoms with Gasteiger partial charge in [-0.05, 0) is 41.0 Å². The Hall–Kier alpha value is -1.20. The van der Waals surface area contributed by atoms with Crippen LogP contribution in [-0.2, 0) is 0 Å². The number of anilines is 1. The molecule has 1 aliphatic rings. The van der Waals surface area contributed by atoms with Crippen LogP contribution in [0.25, 0.3) is 11.0 Å². The maximum atomic E-state index is 4.43. The zero-order valence-electron chi connectivity index (χ0n) is 9.28. The summed E-state index contributed by atoms with van der Waals surface area (Å²) in [6.07, 6.45) is 4.78. The topological polar surface area (TPSA) is 49.8 Å². The summed E-state index contributed by atoms with van der Waals surface area (Å²) >= 11 is 3.41. The normalized spacial score (nSPS) is 19.7. The molecule has 1 aliphatic heterocycles. The van der Waals surface area contributed by atoms with Gasteiger partial charge in [-0.15, -0.1) is 0 Å². The van der Waals surface area contributed by atoms with Crippen molar-refractivity contribution in [2.24, 2.45) is 0 Å². The van der Waals surface area contributed by atoms with Crippen molar-refractivity contribution in [3.63, 3.8) is 0 Å². The predicted octanol–water partition coefficient (Wildman–Crippen LogP) is 2.17. The minimum Gasteiger partial charge on any atom is -0.379 e. The summed E-state index contributed by atoms with van der Waals surface area (Å²) in [6.45, 7) is 2.10. The van der Waals surface area contributed by atoms with Crippen molar-refractivity contribution in [2.45, 2.75) is 12.5 Å². The van der Waals surface area contributed by atoms with Crippen LogP contribution in [0.4, 0.5) is 5.69 Å². The molecule has 0 bridgehead atoms. The van der Waals surface area contributed by atoms with E-state index in [4.69, 9.17) is 0 Å². The van der Waals surface area contributed by atoms with E-state index in [2.05, 4.69) is 36.5 Å². The molecule has 5 heteroatoms. The second kappa shape index (κ2) is 4.58. The number of nitrogens with zero attached hydrogens (tertiary/aromatic N) is 2. The Morgan fingerprint density at radius 3 is 3.18 bits per heavy atom. The maximum Gasteiger partial charge on any atom is 0.112 e. The second-order valence-corrected chi connectivity index (χ2v) is 5.13. The van der Waals surface area contributed by atoms with Crippen LogP contribution in [0, 0.1) is 0 Å². The lowest BCUT2D eigenvalue weighted by molar-refractivity contribution is 0.794. The van der Waals surface area contributed by atoms with Crippen molar-refractivity contribution >= 4 is 32.7 Å². The highest BCUT2D eigenvalue weighted by molar-refractivity contribution is 9.10. The first kappa shape index (κ1) is 10.9. The predicted molar refractivity (Wildman–Crippen MR) is 72.1 cm³/mol. The summed E-state index contributed by atoms with van der Waals surface area (Å²) < 4.78 is 0.956. The smallest absolute Gasteiger partial charge is 0.112 e. The zero-order chi connectivity index (χ0) is 11.7. The molecule has 88 valence electrons. The highest BCUT2D eigenvalue weighted by atomic mass is 79.9. The minimum absolute atomic E-state index is 0.492. The quantitative estimate of drug-likeness (QED) is 0.891. The largest absolute Gasteiger partial charge is 0.379 e. The van der Waals surface area contributed by atoms with E-state index >= 15 is 0 Å². The number of fused-ring (bicyclic) bond motifs is 1. The van der Waals surface area contributed by atoms with E-state index in [1.807, 2.05) is 24.5 Å². The lowest BCUT2D eigenvalue weighted by atomic mass is 10.2. The molecular formula is C12H13BrN4. The molecule has 0 amide bonds. The third kappa shape index (κ3) is 2.25. The van der Waals surface area contributed by atoms with Crippen molar-refractivity contribution in [2.75, 3.05) is 18.4 Å². The Labute approximate surface area is 108 Å². The lowest BCUT2D eigenvalue weighted by Gasteiger charge is -2.14. The van der Waals surface area contributed by atoms with Crippen LogP contribution in [0.1, 0.15) is 6.42 Å². The van der Waals surface area contributed by atoms with Gasteiger partial charge in [0.05, 0.1) is 11.2 Å². The second-order valence-electron chi connectivity index (χ2n) is 4.21. The fraction of sp³-hybridized carbons (Fsp3) is 0.333. The van der Waals surface area contributed by atoms with Crippen LogP contribution in [-0.4, -0.2) is 29.1 Å². The van der Waals surface area contributed by atoms with Crippen molar-refractivity contribution in [1.29, 1.82) is 0 Å². The number of halogens is 1. The molecule has 2 aromatic heterocycles. The molecule has 2 aromatic rings. The van der Waals surface area contributed by atoms with Crippen molar-refractivity contribution in [3.05, 3.63) is 29.0 Å². The average molecular weight is 293 g/mol. The van der Waals surface area contributed by atoms with Crippen molar-refractivity contribution < 1.29 is 0 Å². The Morgan fingerprint density at radius 2 is 2.35 bits per heavy atom. The van der Waals surface area contributed by atoms with E-state index in [-0.39, 0.29) is 0 Å². The van der Waals surface area contributed by atoms with Crippen LogP contribution in [0.2, 0.25) is 0 Å². The molecule has 2 N–H and O–H groups in total. The number of hydrogen-bond acceptors (Lipinski definition) is 4. The first-order valence-electron chi connectivity index (χ1n) is 5.70. The van der Waals surface area contributed by atoms with Gasteiger partial charge in [0.1, 0.15) is 5.52 Å². The maximum absolute atomic E-state index is 4.43. The molecule has 1 fully saturated rings. The monoisotopic (exact) mass is 292 g/mol. The first-order valence-corrected chi connectivity index (χ1v) is 6.50. The van der Waals surface area contributed by atoms with Crippen molar-refractivity contribution in [1.82, 2.24) is 15.3 Å². The van der Waals surface area contributed by atoms with E-state index in [9.17, 15) is 0 Å². The lowest BCUT2D eigenvalue weighted by Crippen LogP contribution is -2.22. The van der Waals surface area contributed by atoms with Crippen LogP contribution >= 0.6 is 15.9 Å². The van der Waals surface area contributed by atoms with Gasteiger partial charge in [-0.25, -0.2) is 0 Å². The molecule has 1 atom stereocenters. The van der Waals surface area contributed by atoms with Crippen molar-refractivity contribution in [3.8, 4) is 0 Å². The fourth-order valence-corrected chi connectivity index (χ4v) is 2.44. The van der Waals surface area contributed by atoms with Crippen LogP contribution in [0.15, 0.2) is 29.0 Å². The van der Waals surface area contributed by atoms with Gasteiger partial charge < -0.3 is 10.6 Å². The van der Waals surface area contributed by atoms with E-state index in [0.717, 1.165) is 40.7 Å². The molecule has 3 rings (SSSR count). The molecule has 0 aliphatic carbocycles. The highest BCUT2D eigenvalue weighted by Crippen LogP contribution is 2.23. The highest BCUT2D eigenvalue weighted by Gasteiger charge is 2.15. The van der Waals surface area contributed by atoms with E-state index < -0.39 is 0 Å². The molecule has 0 aromatic carbocycles. The summed E-state index contributed by atoms with van der Waals surface area (Å²) in [7, 11) is 0. The summed E-state index contributed by atoms with van der Waals surface area (Å²) in [6, 6.07) is 4.47. The van der Waals surface area contributed by atoms with Gasteiger partial charge in [-0.2, -0.15) is 0 Å². The van der Waals surface area contributed by atoms with E-state index in [1.54, 1.807) is 0 Å². The number of pyridine rings is 2. The van der Waals surface area contributed by atoms with Gasteiger partial charge in [-0.1, -0.05) is 0 Å². The van der Waals surface area contributed by atoms with Gasteiger partial charge in [0.25, 0.3) is 0 Å². The van der Waals surface area contributed by atoms with E-state index in [1.165, 1.54) is 0 Å². The standard InChI is InChI=1S/C12H13BrN4/c13-8-5-11-12(16-6-8)10(2-4-15-11)17-9-1-3-14-7-9/h2,4-6,9,14H,1,3,7H2,(H,15,17). The molecule has 0 spiro atoms. The van der Waals surface area contributed by atoms with E-state index in [0.29, 0.717) is 6.04 Å². The number of hydrogen-bond donors (Lipinski definition) is 2. The van der Waals surface area contributed by atoms with Gasteiger partial charge >= 0.3 is 0 Å². The van der Waals surface area contributed by atoms with Gasteiger partial charge in [0, 0.05) is 29.5 Å². The third-order valence-electron chi connectivity index (χ3n) is 2.96. The summed E-state index contributed by atoms with van der Waals surface area (Å²) in [5.41, 5.74) is 2.91. The molecule has 1 unspecified atom stereocenters. The Bertz CT molecular complexity index is 537. The minimum atomic E-state index is 0.492. The number of rotatable bonds is 2. The average Bonchev–Trinajstić information content (AvgIpc) is 2.82. The van der Waals surface area contributed by atoms with Crippen LogP contribution in [0.5, 0.6) is 0 Å². The Balaban J connectivity index is 1.97.